The maximum atomic E-state index is 11.8. The van der Waals surface area contributed by atoms with Crippen LogP contribution in [-0.4, -0.2) is 55.0 Å². The average molecular weight is 279 g/mol. The Hall–Kier alpha value is -0.620. The highest BCUT2D eigenvalue weighted by Crippen LogP contribution is 2.21. The Morgan fingerprint density at radius 1 is 1.53 bits per heavy atom. The number of hydrogen-bond acceptors (Lipinski definition) is 4. The molecule has 0 bridgehead atoms. The van der Waals surface area contributed by atoms with E-state index in [2.05, 4.69) is 4.99 Å². The quantitative estimate of drug-likeness (QED) is 0.688. The zero-order valence-corrected chi connectivity index (χ0v) is 11.0. The molecule has 0 unspecified atom stereocenters. The fraction of sp³-hybridized carbons (Fsp3) is 0.800. The van der Waals surface area contributed by atoms with Crippen LogP contribution < -0.4 is 0 Å². The summed E-state index contributed by atoms with van der Waals surface area (Å²) >= 11 is 5.58. The fourth-order valence-corrected chi connectivity index (χ4v) is 4.15. The van der Waals surface area contributed by atoms with Crippen LogP contribution >= 0.6 is 11.6 Å². The molecule has 0 saturated carbocycles. The van der Waals surface area contributed by atoms with Gasteiger partial charge in [-0.25, -0.2) is 8.42 Å². The molecule has 2 rings (SSSR count). The van der Waals surface area contributed by atoms with E-state index in [1.165, 1.54) is 4.90 Å². The molecule has 1 amide bonds. The summed E-state index contributed by atoms with van der Waals surface area (Å²) in [5.74, 6) is 0.522. The van der Waals surface area contributed by atoms with E-state index in [-0.39, 0.29) is 29.3 Å². The van der Waals surface area contributed by atoms with E-state index >= 15 is 0 Å². The zero-order chi connectivity index (χ0) is 12.5. The SMILES string of the molecule is O=C(CCl)N(C1=NCCC1)[C@H]1CCS(=O)(=O)C1. The number of carbonyl (C=O) groups is 1. The highest BCUT2D eigenvalue weighted by molar-refractivity contribution is 7.91. The van der Waals surface area contributed by atoms with Crippen LogP contribution in [0.1, 0.15) is 19.3 Å². The Morgan fingerprint density at radius 2 is 2.29 bits per heavy atom. The second-order valence-electron chi connectivity index (χ2n) is 4.36. The maximum Gasteiger partial charge on any atom is 0.243 e. The van der Waals surface area contributed by atoms with Crippen molar-refractivity contribution >= 4 is 33.2 Å². The molecule has 0 N–H and O–H groups in total. The summed E-state index contributed by atoms with van der Waals surface area (Å²) in [5.41, 5.74) is 0. The first-order valence-corrected chi connectivity index (χ1v) is 8.01. The first-order chi connectivity index (χ1) is 8.03. The number of hydrogen-bond donors (Lipinski definition) is 0. The second-order valence-corrected chi connectivity index (χ2v) is 6.85. The third kappa shape index (κ3) is 2.80. The summed E-state index contributed by atoms with van der Waals surface area (Å²) in [5, 5.41) is 0. The van der Waals surface area contributed by atoms with Crippen molar-refractivity contribution < 1.29 is 13.2 Å². The molecule has 0 aromatic carbocycles. The Kier molecular flexibility index (Phi) is 3.73. The van der Waals surface area contributed by atoms with E-state index < -0.39 is 9.84 Å². The molecule has 2 heterocycles. The number of carbonyl (C=O) groups excluding carboxylic acids is 1. The van der Waals surface area contributed by atoms with E-state index in [1.807, 2.05) is 0 Å². The van der Waals surface area contributed by atoms with Crippen LogP contribution in [0.5, 0.6) is 0 Å². The molecular weight excluding hydrogens is 264 g/mol. The number of amides is 1. The van der Waals surface area contributed by atoms with Crippen LogP contribution in [0.4, 0.5) is 0 Å². The van der Waals surface area contributed by atoms with Gasteiger partial charge in [0, 0.05) is 13.0 Å². The average Bonchev–Trinajstić information content (AvgIpc) is 2.89. The predicted molar refractivity (Wildman–Crippen MR) is 66.2 cm³/mol. The summed E-state index contributed by atoms with van der Waals surface area (Å²) in [7, 11) is -3.00. The van der Waals surface area contributed by atoms with Crippen molar-refractivity contribution in [3.8, 4) is 0 Å². The monoisotopic (exact) mass is 278 g/mol. The van der Waals surface area contributed by atoms with E-state index in [1.54, 1.807) is 0 Å². The zero-order valence-electron chi connectivity index (χ0n) is 9.43. The number of nitrogens with zero attached hydrogens (tertiary/aromatic N) is 2. The van der Waals surface area contributed by atoms with Gasteiger partial charge < -0.3 is 0 Å². The minimum absolute atomic E-state index is 0.0364. The van der Waals surface area contributed by atoms with E-state index in [0.29, 0.717) is 18.8 Å². The summed E-state index contributed by atoms with van der Waals surface area (Å²) in [6.07, 6.45) is 2.14. The van der Waals surface area contributed by atoms with Crippen molar-refractivity contribution in [2.24, 2.45) is 4.99 Å². The van der Waals surface area contributed by atoms with E-state index in [4.69, 9.17) is 11.6 Å². The number of alkyl halides is 1. The summed E-state index contributed by atoms with van der Waals surface area (Å²) in [6, 6.07) is -0.275. The minimum Gasteiger partial charge on any atom is -0.295 e. The van der Waals surface area contributed by atoms with E-state index in [0.717, 1.165) is 12.8 Å². The molecular formula is C10H15ClN2O3S. The Bertz CT molecular complexity index is 446. The third-order valence-corrected chi connectivity index (χ3v) is 5.07. The molecule has 0 spiro atoms. The van der Waals surface area contributed by atoms with Crippen molar-refractivity contribution in [2.45, 2.75) is 25.3 Å². The first-order valence-electron chi connectivity index (χ1n) is 5.65. The molecule has 0 aromatic heterocycles. The standard InChI is InChI=1S/C10H15ClN2O3S/c11-6-10(14)13(9-2-1-4-12-9)8-3-5-17(15,16)7-8/h8H,1-7H2/t8-/m0/s1. The van der Waals surface area contributed by atoms with Gasteiger partial charge in [0.2, 0.25) is 5.91 Å². The van der Waals surface area contributed by atoms with Crippen molar-refractivity contribution in [3.63, 3.8) is 0 Å². The molecule has 17 heavy (non-hydrogen) atoms. The van der Waals surface area contributed by atoms with Crippen LogP contribution in [0, 0.1) is 0 Å². The van der Waals surface area contributed by atoms with Crippen LogP contribution in [-0.2, 0) is 14.6 Å². The lowest BCUT2D eigenvalue weighted by Crippen LogP contribution is -2.45. The Balaban J connectivity index is 2.19. The van der Waals surface area contributed by atoms with Crippen LogP contribution in [0.2, 0.25) is 0 Å². The molecule has 0 aliphatic carbocycles. The number of sulfone groups is 1. The van der Waals surface area contributed by atoms with Gasteiger partial charge in [-0.2, -0.15) is 0 Å². The molecule has 1 fully saturated rings. The van der Waals surface area contributed by atoms with Gasteiger partial charge in [-0.05, 0) is 12.8 Å². The second kappa shape index (κ2) is 4.94. The van der Waals surface area contributed by atoms with Gasteiger partial charge in [0.25, 0.3) is 0 Å². The summed E-state index contributed by atoms with van der Waals surface area (Å²) in [4.78, 5) is 17.6. The smallest absolute Gasteiger partial charge is 0.243 e. The van der Waals surface area contributed by atoms with Gasteiger partial charge in [-0.3, -0.25) is 14.7 Å². The van der Waals surface area contributed by atoms with Crippen LogP contribution in [0.3, 0.4) is 0 Å². The fourth-order valence-electron chi connectivity index (χ4n) is 2.32. The van der Waals surface area contributed by atoms with Gasteiger partial charge in [0.1, 0.15) is 11.7 Å². The highest BCUT2D eigenvalue weighted by Gasteiger charge is 2.37. The molecule has 0 aromatic rings. The molecule has 0 radical (unpaired) electrons. The number of aliphatic imine (C=N–C) groups is 1. The molecule has 1 atom stereocenters. The van der Waals surface area contributed by atoms with Crippen LogP contribution in [0.15, 0.2) is 4.99 Å². The summed E-state index contributed by atoms with van der Waals surface area (Å²) < 4.78 is 22.9. The Labute approximate surface area is 106 Å². The van der Waals surface area contributed by atoms with Gasteiger partial charge in [-0.1, -0.05) is 0 Å². The number of amidine groups is 1. The third-order valence-electron chi connectivity index (χ3n) is 3.09. The van der Waals surface area contributed by atoms with Gasteiger partial charge >= 0.3 is 0 Å². The molecule has 2 aliphatic rings. The van der Waals surface area contributed by atoms with Crippen molar-refractivity contribution in [1.29, 1.82) is 0 Å². The van der Waals surface area contributed by atoms with Gasteiger partial charge in [0.05, 0.1) is 17.5 Å². The molecule has 1 saturated heterocycles. The van der Waals surface area contributed by atoms with E-state index in [9.17, 15) is 13.2 Å². The van der Waals surface area contributed by atoms with Crippen molar-refractivity contribution in [1.82, 2.24) is 4.90 Å². The minimum atomic E-state index is -3.00. The lowest BCUT2D eigenvalue weighted by molar-refractivity contribution is -0.126. The predicted octanol–water partition coefficient (Wildman–Crippen LogP) is 0.433. The summed E-state index contributed by atoms with van der Waals surface area (Å²) in [6.45, 7) is 0.709. The number of rotatable bonds is 2. The van der Waals surface area contributed by atoms with Crippen molar-refractivity contribution in [3.05, 3.63) is 0 Å². The Morgan fingerprint density at radius 3 is 2.76 bits per heavy atom. The lowest BCUT2D eigenvalue weighted by Gasteiger charge is -2.27. The molecule has 96 valence electrons. The normalized spacial score (nSPS) is 26.9. The highest BCUT2D eigenvalue weighted by atomic mass is 35.5. The van der Waals surface area contributed by atoms with Crippen LogP contribution in [0.25, 0.3) is 0 Å². The molecule has 5 nitrogen and oxygen atoms in total. The maximum absolute atomic E-state index is 11.8. The van der Waals surface area contributed by atoms with Gasteiger partial charge in [-0.15, -0.1) is 11.6 Å². The number of halogens is 1. The van der Waals surface area contributed by atoms with Gasteiger partial charge in [0.15, 0.2) is 9.84 Å². The first kappa shape index (κ1) is 12.8. The molecule has 2 aliphatic heterocycles. The topological polar surface area (TPSA) is 66.8 Å². The molecule has 7 heteroatoms. The largest absolute Gasteiger partial charge is 0.295 e. The lowest BCUT2D eigenvalue weighted by atomic mass is 10.2. The van der Waals surface area contributed by atoms with Crippen molar-refractivity contribution in [2.75, 3.05) is 23.9 Å².